The number of sulfonamides is 1. The van der Waals surface area contributed by atoms with Crippen LogP contribution in [-0.4, -0.2) is 62.9 Å². The second-order valence-corrected chi connectivity index (χ2v) is 8.48. The SMILES string of the molecule is CC(C)C(=O)N1CCCN(S(=O)(=O)c2ccc3c(c2)OCCO3)CC1. The first-order valence-electron chi connectivity index (χ1n) is 8.58. The van der Waals surface area contributed by atoms with Gasteiger partial charge in [0.2, 0.25) is 15.9 Å². The van der Waals surface area contributed by atoms with E-state index in [0.29, 0.717) is 57.3 Å². The third kappa shape index (κ3) is 3.74. The van der Waals surface area contributed by atoms with Gasteiger partial charge in [0.25, 0.3) is 0 Å². The van der Waals surface area contributed by atoms with Gasteiger partial charge in [0.1, 0.15) is 13.2 Å². The summed E-state index contributed by atoms with van der Waals surface area (Å²) in [6, 6.07) is 4.70. The summed E-state index contributed by atoms with van der Waals surface area (Å²) in [5.41, 5.74) is 0. The molecule has 0 aromatic heterocycles. The van der Waals surface area contributed by atoms with E-state index < -0.39 is 10.0 Å². The van der Waals surface area contributed by atoms with Crippen molar-refractivity contribution < 1.29 is 22.7 Å². The number of ether oxygens (including phenoxy) is 2. The van der Waals surface area contributed by atoms with Gasteiger partial charge >= 0.3 is 0 Å². The van der Waals surface area contributed by atoms with Crippen LogP contribution >= 0.6 is 0 Å². The van der Waals surface area contributed by atoms with Crippen LogP contribution in [0.4, 0.5) is 0 Å². The Kier molecular flexibility index (Phi) is 5.19. The van der Waals surface area contributed by atoms with Gasteiger partial charge in [0, 0.05) is 38.2 Å². The smallest absolute Gasteiger partial charge is 0.243 e. The number of nitrogens with zero attached hydrogens (tertiary/aromatic N) is 2. The normalized spacial score (nSPS) is 18.9. The van der Waals surface area contributed by atoms with Crippen LogP contribution < -0.4 is 9.47 Å². The van der Waals surface area contributed by atoms with Crippen LogP contribution in [0.2, 0.25) is 0 Å². The van der Waals surface area contributed by atoms with Gasteiger partial charge in [-0.05, 0) is 18.6 Å². The number of fused-ring (bicyclic) bond motifs is 1. The van der Waals surface area contributed by atoms with E-state index in [-0.39, 0.29) is 16.7 Å². The third-order valence-corrected chi connectivity index (χ3v) is 6.31. The zero-order chi connectivity index (χ0) is 18.0. The minimum Gasteiger partial charge on any atom is -0.486 e. The predicted molar refractivity (Wildman–Crippen MR) is 92.2 cm³/mol. The predicted octanol–water partition coefficient (Wildman–Crippen LogP) is 1.34. The van der Waals surface area contributed by atoms with Gasteiger partial charge in [-0.25, -0.2) is 8.42 Å². The van der Waals surface area contributed by atoms with Crippen LogP contribution in [0.25, 0.3) is 0 Å². The second-order valence-electron chi connectivity index (χ2n) is 6.54. The lowest BCUT2D eigenvalue weighted by Gasteiger charge is -2.24. The minimum absolute atomic E-state index is 0.0681. The van der Waals surface area contributed by atoms with E-state index in [1.165, 1.54) is 10.4 Å². The molecule has 138 valence electrons. The van der Waals surface area contributed by atoms with Crippen molar-refractivity contribution in [2.75, 3.05) is 39.4 Å². The highest BCUT2D eigenvalue weighted by atomic mass is 32.2. The lowest BCUT2D eigenvalue weighted by molar-refractivity contribution is -0.134. The van der Waals surface area contributed by atoms with Crippen LogP contribution in [0, 0.1) is 5.92 Å². The molecule has 0 bridgehead atoms. The summed E-state index contributed by atoms with van der Waals surface area (Å²) in [6.07, 6.45) is 0.627. The molecule has 0 N–H and O–H groups in total. The van der Waals surface area contributed by atoms with Crippen molar-refractivity contribution in [3.8, 4) is 11.5 Å². The Bertz CT molecular complexity index is 747. The molecule has 1 saturated heterocycles. The summed E-state index contributed by atoms with van der Waals surface area (Å²) in [6.45, 7) is 6.30. The van der Waals surface area contributed by atoms with Gasteiger partial charge in [0.15, 0.2) is 11.5 Å². The first kappa shape index (κ1) is 18.0. The van der Waals surface area contributed by atoms with Crippen molar-refractivity contribution in [1.82, 2.24) is 9.21 Å². The Balaban J connectivity index is 1.77. The quantitative estimate of drug-likeness (QED) is 0.805. The molecule has 0 spiro atoms. The molecule has 0 aliphatic carbocycles. The summed E-state index contributed by atoms with van der Waals surface area (Å²) in [5.74, 6) is 1.01. The van der Waals surface area contributed by atoms with E-state index in [9.17, 15) is 13.2 Å². The standard InChI is InChI=1S/C17H24N2O5S/c1-13(2)17(20)18-6-3-7-19(9-8-18)25(21,22)14-4-5-15-16(12-14)24-11-10-23-15/h4-5,12-13H,3,6-11H2,1-2H3. The fourth-order valence-corrected chi connectivity index (χ4v) is 4.54. The molecule has 1 fully saturated rings. The number of hydrogen-bond acceptors (Lipinski definition) is 5. The molecule has 0 saturated carbocycles. The van der Waals surface area contributed by atoms with Crippen molar-refractivity contribution in [2.45, 2.75) is 25.2 Å². The molecular formula is C17H24N2O5S. The number of amides is 1. The highest BCUT2D eigenvalue weighted by Gasteiger charge is 2.29. The van der Waals surface area contributed by atoms with E-state index in [1.54, 1.807) is 17.0 Å². The molecule has 1 aromatic carbocycles. The van der Waals surface area contributed by atoms with Crippen LogP contribution in [0.1, 0.15) is 20.3 Å². The molecule has 0 radical (unpaired) electrons. The van der Waals surface area contributed by atoms with Gasteiger partial charge in [0.05, 0.1) is 4.90 Å². The van der Waals surface area contributed by atoms with Crippen molar-refractivity contribution in [3.05, 3.63) is 18.2 Å². The Morgan fingerprint density at radius 1 is 1.04 bits per heavy atom. The van der Waals surface area contributed by atoms with E-state index >= 15 is 0 Å². The topological polar surface area (TPSA) is 76.2 Å². The number of carbonyl (C=O) groups excluding carboxylic acids is 1. The fraction of sp³-hybridized carbons (Fsp3) is 0.588. The molecule has 2 aliphatic heterocycles. The average Bonchev–Trinajstić information content (AvgIpc) is 2.87. The first-order valence-corrected chi connectivity index (χ1v) is 10.0. The second kappa shape index (κ2) is 7.21. The third-order valence-electron chi connectivity index (χ3n) is 4.41. The molecule has 1 amide bonds. The van der Waals surface area contributed by atoms with Crippen molar-refractivity contribution in [3.63, 3.8) is 0 Å². The maximum atomic E-state index is 13.0. The number of hydrogen-bond donors (Lipinski definition) is 0. The van der Waals surface area contributed by atoms with Crippen molar-refractivity contribution in [2.24, 2.45) is 5.92 Å². The lowest BCUT2D eigenvalue weighted by atomic mass is 10.2. The average molecular weight is 368 g/mol. The number of benzene rings is 1. The van der Waals surface area contributed by atoms with Gasteiger partial charge < -0.3 is 14.4 Å². The van der Waals surface area contributed by atoms with Crippen LogP contribution in [0.15, 0.2) is 23.1 Å². The summed E-state index contributed by atoms with van der Waals surface area (Å²) >= 11 is 0. The Morgan fingerprint density at radius 2 is 1.76 bits per heavy atom. The monoisotopic (exact) mass is 368 g/mol. The maximum absolute atomic E-state index is 13.0. The Morgan fingerprint density at radius 3 is 2.48 bits per heavy atom. The summed E-state index contributed by atoms with van der Waals surface area (Å²) < 4.78 is 38.3. The molecule has 2 aliphatic rings. The zero-order valence-corrected chi connectivity index (χ0v) is 15.4. The molecule has 2 heterocycles. The summed E-state index contributed by atoms with van der Waals surface area (Å²) in [7, 11) is -3.63. The van der Waals surface area contributed by atoms with E-state index in [2.05, 4.69) is 0 Å². The summed E-state index contributed by atoms with van der Waals surface area (Å²) in [4.78, 5) is 14.1. The molecule has 0 unspecified atom stereocenters. The molecule has 25 heavy (non-hydrogen) atoms. The van der Waals surface area contributed by atoms with Gasteiger partial charge in [-0.3, -0.25) is 4.79 Å². The molecule has 1 aromatic rings. The van der Waals surface area contributed by atoms with Gasteiger partial charge in [-0.1, -0.05) is 13.8 Å². The molecule has 7 nitrogen and oxygen atoms in total. The van der Waals surface area contributed by atoms with E-state index in [1.807, 2.05) is 13.8 Å². The fourth-order valence-electron chi connectivity index (χ4n) is 3.05. The Hall–Kier alpha value is -1.80. The first-order chi connectivity index (χ1) is 11.9. The lowest BCUT2D eigenvalue weighted by Crippen LogP contribution is -2.38. The molecular weight excluding hydrogens is 344 g/mol. The highest BCUT2D eigenvalue weighted by molar-refractivity contribution is 7.89. The minimum atomic E-state index is -3.63. The van der Waals surface area contributed by atoms with Crippen LogP contribution in [0.3, 0.4) is 0 Å². The van der Waals surface area contributed by atoms with Gasteiger partial charge in [-0.2, -0.15) is 4.31 Å². The molecule has 0 atom stereocenters. The van der Waals surface area contributed by atoms with E-state index in [4.69, 9.17) is 9.47 Å². The zero-order valence-electron chi connectivity index (χ0n) is 14.6. The number of rotatable bonds is 3. The Labute approximate surface area is 148 Å². The highest BCUT2D eigenvalue weighted by Crippen LogP contribution is 2.33. The molecule has 3 rings (SSSR count). The maximum Gasteiger partial charge on any atom is 0.243 e. The largest absolute Gasteiger partial charge is 0.486 e. The number of carbonyl (C=O) groups is 1. The van der Waals surface area contributed by atoms with Gasteiger partial charge in [-0.15, -0.1) is 0 Å². The molecule has 8 heteroatoms. The van der Waals surface area contributed by atoms with Crippen molar-refractivity contribution >= 4 is 15.9 Å². The van der Waals surface area contributed by atoms with E-state index in [0.717, 1.165) is 0 Å². The van der Waals surface area contributed by atoms with Crippen LogP contribution in [0.5, 0.6) is 11.5 Å². The van der Waals surface area contributed by atoms with Crippen molar-refractivity contribution in [1.29, 1.82) is 0 Å². The summed E-state index contributed by atoms with van der Waals surface area (Å²) in [5, 5.41) is 0. The van der Waals surface area contributed by atoms with Crippen LogP contribution in [-0.2, 0) is 14.8 Å².